The second kappa shape index (κ2) is 4.88. The van der Waals surface area contributed by atoms with E-state index in [2.05, 4.69) is 0 Å². The van der Waals surface area contributed by atoms with Crippen molar-refractivity contribution in [3.8, 4) is 0 Å². The zero-order chi connectivity index (χ0) is 15.1. The standard InChI is InChI=1S/C17H15F3O/c1-12-6-5-7-13-11-21-16(10-15(12)13,17(18,19)20)14-8-3-2-4-9-14/h2-9H,10-11H2,1H3. The van der Waals surface area contributed by atoms with Gasteiger partial charge in [0.1, 0.15) is 0 Å². The van der Waals surface area contributed by atoms with Gasteiger partial charge in [-0.05, 0) is 29.2 Å². The summed E-state index contributed by atoms with van der Waals surface area (Å²) in [7, 11) is 0. The van der Waals surface area contributed by atoms with Crippen LogP contribution in [0.3, 0.4) is 0 Å². The van der Waals surface area contributed by atoms with Crippen molar-refractivity contribution in [3.63, 3.8) is 0 Å². The van der Waals surface area contributed by atoms with Crippen LogP contribution in [-0.4, -0.2) is 6.18 Å². The lowest BCUT2D eigenvalue weighted by Gasteiger charge is -2.40. The lowest BCUT2D eigenvalue weighted by atomic mass is 9.81. The van der Waals surface area contributed by atoms with E-state index in [1.54, 1.807) is 18.2 Å². The van der Waals surface area contributed by atoms with Crippen molar-refractivity contribution < 1.29 is 17.9 Å². The van der Waals surface area contributed by atoms with Crippen LogP contribution in [0.15, 0.2) is 48.5 Å². The van der Waals surface area contributed by atoms with Gasteiger partial charge in [0, 0.05) is 6.42 Å². The second-order valence-electron chi connectivity index (χ2n) is 5.37. The molecule has 0 aliphatic carbocycles. The molecule has 1 atom stereocenters. The summed E-state index contributed by atoms with van der Waals surface area (Å²) in [5.41, 5.74) is 0.357. The monoisotopic (exact) mass is 292 g/mol. The van der Waals surface area contributed by atoms with Crippen LogP contribution < -0.4 is 0 Å². The molecule has 21 heavy (non-hydrogen) atoms. The smallest absolute Gasteiger partial charge is 0.356 e. The number of halogens is 3. The zero-order valence-corrected chi connectivity index (χ0v) is 11.6. The molecule has 0 N–H and O–H groups in total. The summed E-state index contributed by atoms with van der Waals surface area (Å²) in [6, 6.07) is 13.4. The molecule has 1 aliphatic rings. The summed E-state index contributed by atoms with van der Waals surface area (Å²) in [4.78, 5) is 0. The first kappa shape index (κ1) is 14.1. The van der Waals surface area contributed by atoms with Crippen LogP contribution in [0.2, 0.25) is 0 Å². The number of rotatable bonds is 1. The normalized spacial score (nSPS) is 21.9. The van der Waals surface area contributed by atoms with Crippen LogP contribution in [0.1, 0.15) is 22.3 Å². The first-order valence-corrected chi connectivity index (χ1v) is 6.78. The Balaban J connectivity index is 2.15. The maximum atomic E-state index is 13.8. The molecule has 1 heterocycles. The minimum Gasteiger partial charge on any atom is -0.356 e. The van der Waals surface area contributed by atoms with E-state index >= 15 is 0 Å². The Labute approximate surface area is 121 Å². The molecule has 3 rings (SSSR count). The van der Waals surface area contributed by atoms with Gasteiger partial charge < -0.3 is 4.74 Å². The summed E-state index contributed by atoms with van der Waals surface area (Å²) in [5.74, 6) is 0. The van der Waals surface area contributed by atoms with Crippen molar-refractivity contribution in [2.75, 3.05) is 0 Å². The fraction of sp³-hybridized carbons (Fsp3) is 0.294. The van der Waals surface area contributed by atoms with Gasteiger partial charge in [0.2, 0.25) is 0 Å². The molecule has 0 spiro atoms. The van der Waals surface area contributed by atoms with E-state index in [1.807, 2.05) is 25.1 Å². The van der Waals surface area contributed by atoms with Crippen LogP contribution in [0, 0.1) is 6.92 Å². The van der Waals surface area contributed by atoms with Gasteiger partial charge in [-0.15, -0.1) is 0 Å². The van der Waals surface area contributed by atoms with Crippen LogP contribution >= 0.6 is 0 Å². The number of fused-ring (bicyclic) bond motifs is 1. The molecule has 0 saturated carbocycles. The molecule has 0 aromatic heterocycles. The van der Waals surface area contributed by atoms with Crippen molar-refractivity contribution in [2.45, 2.75) is 31.7 Å². The third-order valence-electron chi connectivity index (χ3n) is 4.11. The minimum atomic E-state index is -4.46. The number of ether oxygens (including phenoxy) is 1. The highest BCUT2D eigenvalue weighted by Crippen LogP contribution is 2.48. The molecule has 1 aliphatic heterocycles. The number of hydrogen-bond donors (Lipinski definition) is 0. The molecule has 4 heteroatoms. The molecule has 1 unspecified atom stereocenters. The molecular formula is C17H15F3O. The van der Waals surface area contributed by atoms with Crippen LogP contribution in [-0.2, 0) is 23.4 Å². The Bertz CT molecular complexity index is 649. The summed E-state index contributed by atoms with van der Waals surface area (Å²) in [5, 5.41) is 0. The summed E-state index contributed by atoms with van der Waals surface area (Å²) < 4.78 is 46.7. The molecule has 0 bridgehead atoms. The lowest BCUT2D eigenvalue weighted by Crippen LogP contribution is -2.48. The highest BCUT2D eigenvalue weighted by atomic mass is 19.4. The van der Waals surface area contributed by atoms with Gasteiger partial charge in [-0.1, -0.05) is 48.5 Å². The first-order chi connectivity index (χ1) is 9.94. The van der Waals surface area contributed by atoms with Gasteiger partial charge in [-0.3, -0.25) is 0 Å². The average Bonchev–Trinajstić information content (AvgIpc) is 2.47. The van der Waals surface area contributed by atoms with Gasteiger partial charge in [0.05, 0.1) is 6.61 Å². The van der Waals surface area contributed by atoms with Crippen molar-refractivity contribution >= 4 is 0 Å². The third kappa shape index (κ3) is 2.23. The quantitative estimate of drug-likeness (QED) is 0.750. The molecule has 0 saturated heterocycles. The maximum absolute atomic E-state index is 13.8. The van der Waals surface area contributed by atoms with E-state index in [9.17, 15) is 13.2 Å². The Hall–Kier alpha value is -1.81. The Kier molecular flexibility index (Phi) is 3.29. The SMILES string of the molecule is Cc1cccc2c1CC(c1ccccc1)(C(F)(F)F)OC2. The first-order valence-electron chi connectivity index (χ1n) is 6.78. The van der Waals surface area contributed by atoms with Crippen LogP contribution in [0.4, 0.5) is 13.2 Å². The summed E-state index contributed by atoms with van der Waals surface area (Å²) in [6.45, 7) is 1.82. The van der Waals surface area contributed by atoms with Crippen molar-refractivity contribution in [1.29, 1.82) is 0 Å². The molecule has 0 radical (unpaired) electrons. The van der Waals surface area contributed by atoms with Gasteiger partial charge in [0.25, 0.3) is 0 Å². The van der Waals surface area contributed by atoms with Crippen LogP contribution in [0.5, 0.6) is 0 Å². The van der Waals surface area contributed by atoms with E-state index < -0.39 is 11.8 Å². The van der Waals surface area contributed by atoms with Crippen molar-refractivity contribution in [1.82, 2.24) is 0 Å². The molecule has 1 nitrogen and oxygen atoms in total. The van der Waals surface area contributed by atoms with Gasteiger partial charge in [-0.25, -0.2) is 0 Å². The lowest BCUT2D eigenvalue weighted by molar-refractivity contribution is -0.293. The van der Waals surface area contributed by atoms with E-state index in [1.165, 1.54) is 12.1 Å². The fourth-order valence-electron chi connectivity index (χ4n) is 2.89. The largest absolute Gasteiger partial charge is 0.422 e. The summed E-state index contributed by atoms with van der Waals surface area (Å²) in [6.07, 6.45) is -4.64. The molecule has 0 amide bonds. The number of hydrogen-bond acceptors (Lipinski definition) is 1. The number of aryl methyl sites for hydroxylation is 1. The maximum Gasteiger partial charge on any atom is 0.422 e. The topological polar surface area (TPSA) is 9.23 Å². The van der Waals surface area contributed by atoms with E-state index in [-0.39, 0.29) is 18.6 Å². The second-order valence-corrected chi connectivity index (χ2v) is 5.37. The van der Waals surface area contributed by atoms with Gasteiger partial charge in [0.15, 0.2) is 5.60 Å². The predicted molar refractivity (Wildman–Crippen MR) is 73.8 cm³/mol. The van der Waals surface area contributed by atoms with Crippen molar-refractivity contribution in [3.05, 3.63) is 70.8 Å². The third-order valence-corrected chi connectivity index (χ3v) is 4.11. The minimum absolute atomic E-state index is 0.0224. The zero-order valence-electron chi connectivity index (χ0n) is 11.6. The molecule has 110 valence electrons. The van der Waals surface area contributed by atoms with Crippen LogP contribution in [0.25, 0.3) is 0 Å². The Morgan fingerprint density at radius 2 is 1.71 bits per heavy atom. The Morgan fingerprint density at radius 3 is 2.38 bits per heavy atom. The fourth-order valence-corrected chi connectivity index (χ4v) is 2.89. The van der Waals surface area contributed by atoms with E-state index in [4.69, 9.17) is 4.74 Å². The Morgan fingerprint density at radius 1 is 1.00 bits per heavy atom. The van der Waals surface area contributed by atoms with Gasteiger partial charge in [-0.2, -0.15) is 13.2 Å². The molecule has 2 aromatic rings. The number of benzene rings is 2. The molecule has 2 aromatic carbocycles. The van der Waals surface area contributed by atoms with E-state index in [0.717, 1.165) is 16.7 Å². The molecule has 0 fully saturated rings. The van der Waals surface area contributed by atoms with E-state index in [0.29, 0.717) is 0 Å². The van der Waals surface area contributed by atoms with Gasteiger partial charge >= 0.3 is 6.18 Å². The highest BCUT2D eigenvalue weighted by Gasteiger charge is 2.58. The predicted octanol–water partition coefficient (Wildman–Crippen LogP) is 4.53. The number of alkyl halides is 3. The van der Waals surface area contributed by atoms with Crippen molar-refractivity contribution in [2.24, 2.45) is 0 Å². The average molecular weight is 292 g/mol. The highest BCUT2D eigenvalue weighted by molar-refractivity contribution is 5.40. The summed E-state index contributed by atoms with van der Waals surface area (Å²) >= 11 is 0. The molecular weight excluding hydrogens is 277 g/mol.